The van der Waals surface area contributed by atoms with E-state index in [1.54, 1.807) is 0 Å². The van der Waals surface area contributed by atoms with Gasteiger partial charge in [-0.2, -0.15) is 0 Å². The van der Waals surface area contributed by atoms with E-state index >= 15 is 0 Å². The first kappa shape index (κ1) is 9.51. The number of benzene rings is 1. The molecule has 0 atom stereocenters. The van der Waals surface area contributed by atoms with Crippen molar-refractivity contribution in [2.75, 3.05) is 7.11 Å². The quantitative estimate of drug-likeness (QED) is 0.704. The first-order valence-electron chi connectivity index (χ1n) is 4.22. The van der Waals surface area contributed by atoms with Gasteiger partial charge in [0.25, 0.3) is 0 Å². The zero-order valence-corrected chi connectivity index (χ0v) is 7.87. The lowest BCUT2D eigenvalue weighted by molar-refractivity contribution is 0.0592. The van der Waals surface area contributed by atoms with Gasteiger partial charge in [0.2, 0.25) is 0 Å². The summed E-state index contributed by atoms with van der Waals surface area (Å²) >= 11 is 0. The predicted octanol–water partition coefficient (Wildman–Crippen LogP) is 1.80. The Morgan fingerprint density at radius 1 is 1.53 bits per heavy atom. The van der Waals surface area contributed by atoms with Crippen LogP contribution in [0.25, 0.3) is 10.9 Å². The Morgan fingerprint density at radius 2 is 2.27 bits per heavy atom. The molecule has 1 aromatic heterocycles. The van der Waals surface area contributed by atoms with Crippen LogP contribution in [0.5, 0.6) is 5.75 Å². The lowest BCUT2D eigenvalue weighted by atomic mass is 10.2. The van der Waals surface area contributed by atoms with Crippen molar-refractivity contribution in [3.63, 3.8) is 0 Å². The predicted molar refractivity (Wildman–Crippen MR) is 51.3 cm³/mol. The van der Waals surface area contributed by atoms with Crippen molar-refractivity contribution < 1.29 is 19.0 Å². The van der Waals surface area contributed by atoms with Crippen molar-refractivity contribution in [2.24, 2.45) is 0 Å². The number of methoxy groups -OCH3 is 1. The minimum absolute atomic E-state index is 0.0712. The smallest absolute Gasteiger partial charge is 0.358 e. The molecule has 0 spiro atoms. The monoisotopic (exact) mass is 209 g/mol. The third kappa shape index (κ3) is 1.41. The van der Waals surface area contributed by atoms with E-state index in [1.807, 2.05) is 0 Å². The Morgan fingerprint density at radius 3 is 2.93 bits per heavy atom. The van der Waals surface area contributed by atoms with E-state index in [0.29, 0.717) is 10.9 Å². The van der Waals surface area contributed by atoms with Gasteiger partial charge in [0.15, 0.2) is 11.4 Å². The molecule has 0 unspecified atom stereocenters. The zero-order chi connectivity index (χ0) is 11.0. The molecule has 5 heteroatoms. The van der Waals surface area contributed by atoms with Crippen molar-refractivity contribution in [3.8, 4) is 5.75 Å². The average molecular weight is 209 g/mol. The molecule has 2 rings (SSSR count). The van der Waals surface area contributed by atoms with Crippen molar-refractivity contribution in [3.05, 3.63) is 29.7 Å². The van der Waals surface area contributed by atoms with Gasteiger partial charge in [-0.1, -0.05) is 0 Å². The van der Waals surface area contributed by atoms with Gasteiger partial charge >= 0.3 is 5.97 Å². The molecule has 4 nitrogen and oxygen atoms in total. The van der Waals surface area contributed by atoms with E-state index in [-0.39, 0.29) is 11.4 Å². The van der Waals surface area contributed by atoms with Gasteiger partial charge in [-0.15, -0.1) is 0 Å². The number of ether oxygens (including phenoxy) is 1. The molecular weight excluding hydrogens is 201 g/mol. The van der Waals surface area contributed by atoms with Crippen LogP contribution in [0.3, 0.4) is 0 Å². The number of nitrogens with one attached hydrogen (secondary N) is 1. The van der Waals surface area contributed by atoms with E-state index in [2.05, 4.69) is 9.72 Å². The molecule has 2 aromatic rings. The summed E-state index contributed by atoms with van der Waals surface area (Å²) in [4.78, 5) is 13.8. The molecule has 1 heterocycles. The Kier molecular flexibility index (Phi) is 2.07. The fourth-order valence-corrected chi connectivity index (χ4v) is 1.40. The lowest BCUT2D eigenvalue weighted by Crippen LogP contribution is -2.01. The Bertz CT molecular complexity index is 533. The molecule has 0 radical (unpaired) electrons. The van der Waals surface area contributed by atoms with Crippen molar-refractivity contribution >= 4 is 16.9 Å². The first-order valence-corrected chi connectivity index (χ1v) is 4.22. The van der Waals surface area contributed by atoms with E-state index < -0.39 is 11.8 Å². The van der Waals surface area contributed by atoms with Crippen LogP contribution in [0.15, 0.2) is 18.2 Å². The number of hydrogen-bond acceptors (Lipinski definition) is 3. The number of aromatic hydroxyl groups is 1. The van der Waals surface area contributed by atoms with E-state index in [4.69, 9.17) is 0 Å². The summed E-state index contributed by atoms with van der Waals surface area (Å²) in [5.41, 5.74) is 0.283. The molecule has 0 fully saturated rings. The number of carbonyl (C=O) groups is 1. The highest BCUT2D eigenvalue weighted by atomic mass is 19.1. The molecule has 0 amide bonds. The van der Waals surface area contributed by atoms with Crippen LogP contribution in [0.2, 0.25) is 0 Å². The van der Waals surface area contributed by atoms with Crippen molar-refractivity contribution in [2.45, 2.75) is 0 Å². The second kappa shape index (κ2) is 3.27. The van der Waals surface area contributed by atoms with E-state index in [0.717, 1.165) is 0 Å². The molecule has 0 saturated heterocycles. The SMILES string of the molecule is COC(=O)c1[nH]c2cc(F)ccc2c1O. The summed E-state index contributed by atoms with van der Waals surface area (Å²) < 4.78 is 17.3. The number of carbonyl (C=O) groups excluding carboxylic acids is 1. The van der Waals surface area contributed by atoms with Crippen LogP contribution in [-0.4, -0.2) is 23.2 Å². The number of rotatable bonds is 1. The number of aromatic nitrogens is 1. The van der Waals surface area contributed by atoms with Gasteiger partial charge < -0.3 is 14.8 Å². The number of halogens is 1. The highest BCUT2D eigenvalue weighted by molar-refractivity contribution is 6.00. The average Bonchev–Trinajstić information content (AvgIpc) is 2.54. The summed E-state index contributed by atoms with van der Waals surface area (Å²) in [7, 11) is 1.20. The Balaban J connectivity index is 2.69. The second-order valence-electron chi connectivity index (χ2n) is 3.03. The topological polar surface area (TPSA) is 62.3 Å². The summed E-state index contributed by atoms with van der Waals surface area (Å²) in [5, 5.41) is 10.0. The maximum atomic E-state index is 12.8. The highest BCUT2D eigenvalue weighted by Crippen LogP contribution is 2.29. The third-order valence-corrected chi connectivity index (χ3v) is 2.12. The second-order valence-corrected chi connectivity index (χ2v) is 3.03. The Hall–Kier alpha value is -2.04. The van der Waals surface area contributed by atoms with Gasteiger partial charge in [-0.25, -0.2) is 9.18 Å². The maximum absolute atomic E-state index is 12.8. The maximum Gasteiger partial charge on any atom is 0.358 e. The van der Waals surface area contributed by atoms with Crippen molar-refractivity contribution in [1.82, 2.24) is 4.98 Å². The van der Waals surface area contributed by atoms with Gasteiger partial charge in [0, 0.05) is 5.39 Å². The molecule has 2 N–H and O–H groups in total. The fraction of sp³-hybridized carbons (Fsp3) is 0.100. The van der Waals surface area contributed by atoms with Crippen LogP contribution in [0.4, 0.5) is 4.39 Å². The van der Waals surface area contributed by atoms with Gasteiger partial charge in [0.05, 0.1) is 12.6 Å². The lowest BCUT2D eigenvalue weighted by Gasteiger charge is -1.94. The van der Waals surface area contributed by atoms with Crippen LogP contribution < -0.4 is 0 Å². The molecule has 1 aromatic carbocycles. The summed E-state index contributed by atoms with van der Waals surface area (Å²) in [6.45, 7) is 0. The van der Waals surface area contributed by atoms with Crippen LogP contribution in [-0.2, 0) is 4.74 Å². The van der Waals surface area contributed by atoms with Gasteiger partial charge in [-0.3, -0.25) is 0 Å². The number of hydrogen-bond donors (Lipinski definition) is 2. The van der Waals surface area contributed by atoms with Gasteiger partial charge in [-0.05, 0) is 18.2 Å². The molecule has 0 aliphatic heterocycles. The summed E-state index contributed by atoms with van der Waals surface area (Å²) in [6, 6.07) is 3.79. The van der Waals surface area contributed by atoms with E-state index in [9.17, 15) is 14.3 Å². The minimum Gasteiger partial charge on any atom is -0.505 e. The van der Waals surface area contributed by atoms with Crippen LogP contribution in [0, 0.1) is 5.82 Å². The molecule has 15 heavy (non-hydrogen) atoms. The molecule has 0 aliphatic rings. The molecular formula is C10H8FNO3. The van der Waals surface area contributed by atoms with E-state index in [1.165, 1.54) is 25.3 Å². The molecule has 78 valence electrons. The fourth-order valence-electron chi connectivity index (χ4n) is 1.40. The number of fused-ring (bicyclic) bond motifs is 1. The Labute approximate surface area is 84.3 Å². The first-order chi connectivity index (χ1) is 7.13. The van der Waals surface area contributed by atoms with Crippen LogP contribution >= 0.6 is 0 Å². The number of aromatic amines is 1. The third-order valence-electron chi connectivity index (χ3n) is 2.12. The van der Waals surface area contributed by atoms with Crippen molar-refractivity contribution in [1.29, 1.82) is 0 Å². The van der Waals surface area contributed by atoms with Crippen LogP contribution in [0.1, 0.15) is 10.5 Å². The zero-order valence-electron chi connectivity index (χ0n) is 7.87. The molecule has 0 aliphatic carbocycles. The largest absolute Gasteiger partial charge is 0.505 e. The summed E-state index contributed by atoms with van der Waals surface area (Å²) in [6.07, 6.45) is 0. The number of H-pyrrole nitrogens is 1. The number of esters is 1. The summed E-state index contributed by atoms with van der Waals surface area (Å²) in [5.74, 6) is -1.36. The molecule has 0 saturated carbocycles. The minimum atomic E-state index is -0.691. The normalized spacial score (nSPS) is 10.5. The highest BCUT2D eigenvalue weighted by Gasteiger charge is 2.17. The standard InChI is InChI=1S/C10H8FNO3/c1-15-10(14)8-9(13)6-3-2-5(11)4-7(6)12-8/h2-4,12-13H,1H3. The van der Waals surface area contributed by atoms with Gasteiger partial charge in [0.1, 0.15) is 5.82 Å². The molecule has 0 bridgehead atoms.